The molecule has 0 heterocycles. The molecule has 10 nitrogen and oxygen atoms in total. The van der Waals surface area contributed by atoms with E-state index in [0.717, 1.165) is 6.08 Å². The molecule has 12 heteroatoms. The molecular formula is C19H22N4O6S2. The zero-order valence-electron chi connectivity index (χ0n) is 16.5. The molecule has 0 aromatic heterocycles. The van der Waals surface area contributed by atoms with Crippen molar-refractivity contribution >= 4 is 43.2 Å². The van der Waals surface area contributed by atoms with E-state index in [4.69, 9.17) is 10.3 Å². The average molecular weight is 467 g/mol. The number of hydrogen-bond donors (Lipinski definition) is 4. The summed E-state index contributed by atoms with van der Waals surface area (Å²) < 4.78 is 43.7. The molecular weight excluding hydrogens is 444 g/mol. The lowest BCUT2D eigenvalue weighted by atomic mass is 10.3. The molecule has 31 heavy (non-hydrogen) atoms. The van der Waals surface area contributed by atoms with Crippen molar-refractivity contribution in [1.29, 1.82) is 0 Å². The molecule has 0 saturated carbocycles. The lowest BCUT2D eigenvalue weighted by Crippen LogP contribution is -2.13. The lowest BCUT2D eigenvalue weighted by Gasteiger charge is -2.05. The molecule has 0 radical (unpaired) electrons. The molecule has 6 N–H and O–H groups in total. The summed E-state index contributed by atoms with van der Waals surface area (Å²) >= 11 is 0. The van der Waals surface area contributed by atoms with Crippen molar-refractivity contribution in [3.05, 3.63) is 73.3 Å². The third kappa shape index (κ3) is 8.92. The van der Waals surface area contributed by atoms with Crippen LogP contribution in [-0.4, -0.2) is 28.6 Å². The van der Waals surface area contributed by atoms with Crippen LogP contribution < -0.4 is 20.9 Å². The fraction of sp³-hybridized carbons (Fsp3) is 0.0526. The highest BCUT2D eigenvalue weighted by molar-refractivity contribution is 7.89. The number of carbonyl (C=O) groups excluding carboxylic acids is 2. The van der Waals surface area contributed by atoms with E-state index in [0.29, 0.717) is 16.9 Å². The molecule has 0 atom stereocenters. The van der Waals surface area contributed by atoms with Crippen LogP contribution in [0.4, 0.5) is 11.4 Å². The van der Waals surface area contributed by atoms with Crippen molar-refractivity contribution in [1.82, 2.24) is 0 Å². The molecule has 0 aliphatic rings. The maximum Gasteiger partial charge on any atom is 0.250 e. The second kappa shape index (κ2) is 10.6. The topological polar surface area (TPSA) is 179 Å². The van der Waals surface area contributed by atoms with E-state index in [1.807, 2.05) is 0 Å². The van der Waals surface area contributed by atoms with Crippen LogP contribution in [0.25, 0.3) is 0 Å². The zero-order chi connectivity index (χ0) is 23.8. The predicted octanol–water partition coefficient (Wildman–Crippen LogP) is 1.31. The monoisotopic (exact) mass is 466 g/mol. The molecule has 2 amide bonds. The van der Waals surface area contributed by atoms with Crippen molar-refractivity contribution in [2.45, 2.75) is 16.7 Å². The first kappa shape index (κ1) is 25.7. The quantitative estimate of drug-likeness (QED) is 0.466. The minimum absolute atomic E-state index is 0.000763. The van der Waals surface area contributed by atoms with Crippen LogP contribution in [0.5, 0.6) is 0 Å². The number of primary sulfonamides is 2. The number of nitrogens with one attached hydrogen (secondary N) is 2. The van der Waals surface area contributed by atoms with E-state index in [1.165, 1.54) is 48.5 Å². The van der Waals surface area contributed by atoms with Crippen molar-refractivity contribution in [2.24, 2.45) is 10.3 Å². The second-order valence-electron chi connectivity index (χ2n) is 6.07. The van der Waals surface area contributed by atoms with Crippen LogP contribution in [0.15, 0.2) is 83.1 Å². The highest BCUT2D eigenvalue weighted by Crippen LogP contribution is 2.13. The van der Waals surface area contributed by atoms with Crippen LogP contribution in [0.1, 0.15) is 6.92 Å². The molecule has 0 saturated heterocycles. The van der Waals surface area contributed by atoms with Gasteiger partial charge in [0.05, 0.1) is 9.79 Å². The maximum absolute atomic E-state index is 11.2. The molecule has 0 aliphatic carbocycles. The van der Waals surface area contributed by atoms with E-state index < -0.39 is 20.0 Å². The fourth-order valence-electron chi connectivity index (χ4n) is 1.89. The van der Waals surface area contributed by atoms with E-state index in [9.17, 15) is 26.4 Å². The summed E-state index contributed by atoms with van der Waals surface area (Å²) in [4.78, 5) is 22.1. The number of rotatable bonds is 6. The minimum Gasteiger partial charge on any atom is -0.323 e. The van der Waals surface area contributed by atoms with Gasteiger partial charge in [0.15, 0.2) is 0 Å². The predicted molar refractivity (Wildman–Crippen MR) is 118 cm³/mol. The molecule has 0 spiro atoms. The summed E-state index contributed by atoms with van der Waals surface area (Å²) in [6, 6.07) is 11.1. The number of benzene rings is 2. The van der Waals surface area contributed by atoms with Crippen molar-refractivity contribution in [3.8, 4) is 0 Å². The van der Waals surface area contributed by atoms with Gasteiger partial charge in [-0.3, -0.25) is 9.59 Å². The molecule has 2 aromatic rings. The Morgan fingerprint density at radius 2 is 1.16 bits per heavy atom. The first-order chi connectivity index (χ1) is 14.2. The molecule has 2 rings (SSSR count). The lowest BCUT2D eigenvalue weighted by molar-refractivity contribution is -0.113. The minimum atomic E-state index is -3.69. The van der Waals surface area contributed by atoms with E-state index in [-0.39, 0.29) is 21.6 Å². The van der Waals surface area contributed by atoms with Crippen LogP contribution in [0, 0.1) is 0 Å². The average Bonchev–Trinajstić information content (AvgIpc) is 2.67. The van der Waals surface area contributed by atoms with Crippen LogP contribution in [0.3, 0.4) is 0 Å². The molecule has 2 aromatic carbocycles. The number of nitrogens with two attached hydrogens (primary N) is 2. The van der Waals surface area contributed by atoms with Gasteiger partial charge in [0, 0.05) is 16.9 Å². The van der Waals surface area contributed by atoms with Gasteiger partial charge in [-0.2, -0.15) is 0 Å². The van der Waals surface area contributed by atoms with Crippen molar-refractivity contribution in [2.75, 3.05) is 10.6 Å². The normalized spacial score (nSPS) is 10.8. The van der Waals surface area contributed by atoms with Gasteiger partial charge in [0.2, 0.25) is 26.0 Å². The van der Waals surface area contributed by atoms with Gasteiger partial charge in [-0.25, -0.2) is 27.1 Å². The van der Waals surface area contributed by atoms with Gasteiger partial charge in [-0.15, -0.1) is 0 Å². The largest absolute Gasteiger partial charge is 0.323 e. The number of carbonyl (C=O) groups is 2. The van der Waals surface area contributed by atoms with E-state index in [1.54, 1.807) is 6.92 Å². The number of hydrogen-bond acceptors (Lipinski definition) is 6. The van der Waals surface area contributed by atoms with Gasteiger partial charge in [0.25, 0.3) is 5.91 Å². The third-order valence-electron chi connectivity index (χ3n) is 3.46. The molecule has 0 fully saturated rings. The molecule has 0 unspecified atom stereocenters. The standard InChI is InChI=1S/C10H12N2O3S.C9H10N2O3S/c1-7(2)10(13)12-8-3-5-9(6-4-8)16(11,14)15;1-2-9(12)11-7-3-5-8(6-4-7)15(10,13)14/h3-6H,1H2,2H3,(H,12,13)(H2,11,14,15);2-6H,1H2,(H,11,12)(H2,10,13,14). The summed E-state index contributed by atoms with van der Waals surface area (Å²) in [6.45, 7) is 8.34. The first-order valence-electron chi connectivity index (χ1n) is 8.40. The van der Waals surface area contributed by atoms with E-state index >= 15 is 0 Å². The Kier molecular flexibility index (Phi) is 8.82. The third-order valence-corrected chi connectivity index (χ3v) is 5.32. The van der Waals surface area contributed by atoms with Gasteiger partial charge in [-0.05, 0) is 61.5 Å². The van der Waals surface area contributed by atoms with Crippen LogP contribution in [-0.2, 0) is 29.6 Å². The van der Waals surface area contributed by atoms with E-state index in [2.05, 4.69) is 23.8 Å². The van der Waals surface area contributed by atoms with Gasteiger partial charge < -0.3 is 10.6 Å². The van der Waals surface area contributed by atoms with Crippen LogP contribution in [0.2, 0.25) is 0 Å². The Hall–Kier alpha value is -3.32. The van der Waals surface area contributed by atoms with Gasteiger partial charge in [-0.1, -0.05) is 13.2 Å². The number of sulfonamides is 2. The Bertz CT molecular complexity index is 1190. The first-order valence-corrected chi connectivity index (χ1v) is 11.5. The SMILES string of the molecule is C=C(C)C(=O)Nc1ccc(S(N)(=O)=O)cc1.C=CC(=O)Nc1ccc(S(N)(=O)=O)cc1. The van der Waals surface area contributed by atoms with Crippen molar-refractivity contribution in [3.63, 3.8) is 0 Å². The van der Waals surface area contributed by atoms with Gasteiger partial charge in [0.1, 0.15) is 0 Å². The molecule has 0 aliphatic heterocycles. The fourth-order valence-corrected chi connectivity index (χ4v) is 2.92. The number of anilines is 2. The van der Waals surface area contributed by atoms with Gasteiger partial charge >= 0.3 is 0 Å². The van der Waals surface area contributed by atoms with Crippen molar-refractivity contribution < 1.29 is 26.4 Å². The zero-order valence-corrected chi connectivity index (χ0v) is 18.2. The molecule has 0 bridgehead atoms. The summed E-state index contributed by atoms with van der Waals surface area (Å²) in [5, 5.41) is 14.9. The van der Waals surface area contributed by atoms with Crippen LogP contribution >= 0.6 is 0 Å². The Labute approximate surface area is 180 Å². The number of amides is 2. The second-order valence-corrected chi connectivity index (χ2v) is 9.19. The Balaban J connectivity index is 0.000000311. The highest BCUT2D eigenvalue weighted by atomic mass is 32.2. The smallest absolute Gasteiger partial charge is 0.250 e. The maximum atomic E-state index is 11.2. The summed E-state index contributed by atoms with van der Waals surface area (Å²) in [5.41, 5.74) is 1.34. The summed E-state index contributed by atoms with van der Waals surface area (Å²) in [6.07, 6.45) is 1.12. The highest BCUT2D eigenvalue weighted by Gasteiger charge is 2.08. The molecule has 166 valence electrons. The Morgan fingerprint density at radius 1 is 0.806 bits per heavy atom. The summed E-state index contributed by atoms with van der Waals surface area (Å²) in [5.74, 6) is -0.679. The summed E-state index contributed by atoms with van der Waals surface area (Å²) in [7, 11) is -7.38. The Morgan fingerprint density at radius 3 is 1.45 bits per heavy atom.